The van der Waals surface area contributed by atoms with E-state index < -0.39 is 17.7 Å². The summed E-state index contributed by atoms with van der Waals surface area (Å²) in [6, 6.07) is 6.74. The number of aryl methyl sites for hydroxylation is 1. The van der Waals surface area contributed by atoms with E-state index in [2.05, 4.69) is 21.4 Å². The second kappa shape index (κ2) is 6.18. The van der Waals surface area contributed by atoms with Gasteiger partial charge >= 0.3 is 0 Å². The fraction of sp³-hybridized carbons (Fsp3) is 0.143. The molecule has 0 amide bonds. The maximum absolute atomic E-state index is 14.2. The molecule has 1 unspecified atom stereocenters. The number of halogens is 4. The minimum absolute atomic E-state index is 0.129. The van der Waals surface area contributed by atoms with Crippen LogP contribution in [0.5, 0.6) is 0 Å². The predicted molar refractivity (Wildman–Crippen MR) is 79.4 cm³/mol. The van der Waals surface area contributed by atoms with E-state index in [0.29, 0.717) is 20.6 Å². The van der Waals surface area contributed by atoms with Crippen molar-refractivity contribution in [2.45, 2.75) is 13.0 Å². The Morgan fingerprint density at radius 2 is 1.95 bits per heavy atom. The van der Waals surface area contributed by atoms with Gasteiger partial charge in [-0.25, -0.2) is 14.2 Å². The normalized spacial score (nSPS) is 12.5. The molecule has 6 heteroatoms. The first-order chi connectivity index (χ1) is 9.45. The predicted octanol–water partition coefficient (Wildman–Crippen LogP) is 4.24. The Balaban J connectivity index is 2.64. The second-order valence-electron chi connectivity index (χ2n) is 4.36. The van der Waals surface area contributed by atoms with Crippen LogP contribution in [0.1, 0.15) is 22.7 Å². The highest BCUT2D eigenvalue weighted by Crippen LogP contribution is 2.33. The molecule has 2 rings (SSSR count). The molecule has 0 heterocycles. The third kappa shape index (κ3) is 2.86. The summed E-state index contributed by atoms with van der Waals surface area (Å²) in [5.74, 6) is 4.21. The van der Waals surface area contributed by atoms with Crippen molar-refractivity contribution in [3.05, 3.63) is 68.2 Å². The topological polar surface area (TPSA) is 38.0 Å². The lowest BCUT2D eigenvalue weighted by Crippen LogP contribution is -2.30. The van der Waals surface area contributed by atoms with Crippen LogP contribution in [0.3, 0.4) is 0 Å². The fourth-order valence-electron chi connectivity index (χ4n) is 2.01. The molecule has 2 nitrogen and oxygen atoms in total. The molecule has 0 radical (unpaired) electrons. The van der Waals surface area contributed by atoms with Crippen LogP contribution in [0.2, 0.25) is 5.02 Å². The minimum atomic E-state index is -0.844. The molecule has 1 atom stereocenters. The molecule has 3 N–H and O–H groups in total. The van der Waals surface area contributed by atoms with Crippen molar-refractivity contribution in [1.82, 2.24) is 5.43 Å². The zero-order valence-electron chi connectivity index (χ0n) is 10.6. The number of hydrogen-bond donors (Lipinski definition) is 2. The Morgan fingerprint density at radius 3 is 2.60 bits per heavy atom. The molecular weight excluding hydrogens is 350 g/mol. The standard InChI is InChI=1S/C14H12BrClF2N2/c1-7-2-5-11(17)12(13(7)18)14(20-19)9-6-8(16)3-4-10(9)15/h2-6,14,20H,19H2,1H3. The Bertz CT molecular complexity index is 649. The van der Waals surface area contributed by atoms with Crippen molar-refractivity contribution >= 4 is 27.5 Å². The highest BCUT2D eigenvalue weighted by Gasteiger charge is 2.24. The highest BCUT2D eigenvalue weighted by atomic mass is 79.9. The summed E-state index contributed by atoms with van der Waals surface area (Å²) in [6.07, 6.45) is 0. The molecule has 2 aromatic carbocycles. The summed E-state index contributed by atoms with van der Waals surface area (Å²) in [5.41, 5.74) is 3.22. The monoisotopic (exact) mass is 360 g/mol. The SMILES string of the molecule is Cc1ccc(F)c(C(NN)c2cc(Cl)ccc2Br)c1F. The van der Waals surface area contributed by atoms with Crippen LogP contribution in [-0.2, 0) is 0 Å². The van der Waals surface area contributed by atoms with Crippen LogP contribution in [0.25, 0.3) is 0 Å². The summed E-state index contributed by atoms with van der Waals surface area (Å²) >= 11 is 9.28. The van der Waals surface area contributed by atoms with Gasteiger partial charge in [-0.15, -0.1) is 0 Å². The number of benzene rings is 2. The number of hydrazine groups is 1. The van der Waals surface area contributed by atoms with E-state index in [9.17, 15) is 8.78 Å². The van der Waals surface area contributed by atoms with Crippen LogP contribution in [0.4, 0.5) is 8.78 Å². The van der Waals surface area contributed by atoms with Gasteiger partial charge in [0.1, 0.15) is 11.6 Å². The number of rotatable bonds is 3. The zero-order valence-corrected chi connectivity index (χ0v) is 12.9. The summed E-state index contributed by atoms with van der Waals surface area (Å²) in [5, 5.41) is 0.455. The van der Waals surface area contributed by atoms with Crippen LogP contribution >= 0.6 is 27.5 Å². The first-order valence-electron chi connectivity index (χ1n) is 5.81. The van der Waals surface area contributed by atoms with E-state index in [0.717, 1.165) is 0 Å². The largest absolute Gasteiger partial charge is 0.271 e. The Morgan fingerprint density at radius 1 is 1.25 bits per heavy atom. The highest BCUT2D eigenvalue weighted by molar-refractivity contribution is 9.10. The molecule has 2 aromatic rings. The number of nitrogens with two attached hydrogens (primary N) is 1. The molecule has 0 fully saturated rings. The molecule has 0 saturated heterocycles. The first kappa shape index (κ1) is 15.4. The van der Waals surface area contributed by atoms with Gasteiger partial charge < -0.3 is 0 Å². The van der Waals surface area contributed by atoms with E-state index in [1.54, 1.807) is 25.1 Å². The van der Waals surface area contributed by atoms with E-state index in [1.165, 1.54) is 12.1 Å². The van der Waals surface area contributed by atoms with E-state index >= 15 is 0 Å². The van der Waals surface area contributed by atoms with Crippen molar-refractivity contribution < 1.29 is 8.78 Å². The minimum Gasteiger partial charge on any atom is -0.271 e. The van der Waals surface area contributed by atoms with Crippen LogP contribution in [0.15, 0.2) is 34.8 Å². The molecule has 106 valence electrons. The van der Waals surface area contributed by atoms with Gasteiger partial charge in [-0.05, 0) is 42.3 Å². The molecule has 0 aliphatic rings. The van der Waals surface area contributed by atoms with Crippen LogP contribution < -0.4 is 11.3 Å². The molecule has 0 aromatic heterocycles. The van der Waals surface area contributed by atoms with Gasteiger partial charge in [0.25, 0.3) is 0 Å². The van der Waals surface area contributed by atoms with E-state index in [1.807, 2.05) is 0 Å². The van der Waals surface area contributed by atoms with Crippen molar-refractivity contribution in [2.24, 2.45) is 5.84 Å². The van der Waals surface area contributed by atoms with Crippen molar-refractivity contribution in [1.29, 1.82) is 0 Å². The Hall–Kier alpha value is -1.01. The molecule has 0 aliphatic carbocycles. The zero-order chi connectivity index (χ0) is 14.9. The summed E-state index contributed by atoms with van der Waals surface area (Å²) in [4.78, 5) is 0. The van der Waals surface area contributed by atoms with Gasteiger partial charge in [-0.2, -0.15) is 0 Å². The maximum atomic E-state index is 14.2. The fourth-order valence-corrected chi connectivity index (χ4v) is 2.66. The Kier molecular flexibility index (Phi) is 4.75. The third-order valence-corrected chi connectivity index (χ3v) is 4.00. The second-order valence-corrected chi connectivity index (χ2v) is 5.65. The van der Waals surface area contributed by atoms with Crippen molar-refractivity contribution in [3.8, 4) is 0 Å². The molecule has 0 spiro atoms. The number of nitrogens with one attached hydrogen (secondary N) is 1. The summed E-state index contributed by atoms with van der Waals surface area (Å²) < 4.78 is 28.9. The van der Waals surface area contributed by atoms with Gasteiger partial charge in [0.15, 0.2) is 0 Å². The Labute approximate surface area is 129 Å². The van der Waals surface area contributed by atoms with Gasteiger partial charge in [0, 0.05) is 15.1 Å². The molecular formula is C14H12BrClF2N2. The van der Waals surface area contributed by atoms with Crippen LogP contribution in [-0.4, -0.2) is 0 Å². The van der Waals surface area contributed by atoms with Crippen LogP contribution in [0, 0.1) is 18.6 Å². The van der Waals surface area contributed by atoms with Crippen molar-refractivity contribution in [3.63, 3.8) is 0 Å². The maximum Gasteiger partial charge on any atom is 0.134 e. The van der Waals surface area contributed by atoms with Crippen molar-refractivity contribution in [2.75, 3.05) is 0 Å². The summed E-state index contributed by atoms with van der Waals surface area (Å²) in [7, 11) is 0. The summed E-state index contributed by atoms with van der Waals surface area (Å²) in [6.45, 7) is 1.57. The van der Waals surface area contributed by atoms with Gasteiger partial charge in [-0.3, -0.25) is 5.84 Å². The van der Waals surface area contributed by atoms with E-state index in [-0.39, 0.29) is 5.56 Å². The number of hydrogen-bond acceptors (Lipinski definition) is 2. The lowest BCUT2D eigenvalue weighted by Gasteiger charge is -2.20. The lowest BCUT2D eigenvalue weighted by molar-refractivity contribution is 0.506. The smallest absolute Gasteiger partial charge is 0.134 e. The van der Waals surface area contributed by atoms with E-state index in [4.69, 9.17) is 17.4 Å². The molecule has 20 heavy (non-hydrogen) atoms. The lowest BCUT2D eigenvalue weighted by atomic mass is 9.96. The molecule has 0 aliphatic heterocycles. The quantitative estimate of drug-likeness (QED) is 0.634. The van der Waals surface area contributed by atoms with Gasteiger partial charge in [-0.1, -0.05) is 33.6 Å². The average Bonchev–Trinajstić information content (AvgIpc) is 2.42. The van der Waals surface area contributed by atoms with Gasteiger partial charge in [0.05, 0.1) is 6.04 Å². The third-order valence-electron chi connectivity index (χ3n) is 3.04. The van der Waals surface area contributed by atoms with Gasteiger partial charge in [0.2, 0.25) is 0 Å². The molecule has 0 bridgehead atoms. The first-order valence-corrected chi connectivity index (χ1v) is 6.98. The average molecular weight is 362 g/mol. The molecule has 0 saturated carbocycles.